The van der Waals surface area contributed by atoms with Crippen molar-refractivity contribution in [1.29, 1.82) is 0 Å². The maximum atomic E-state index is 13.8. The van der Waals surface area contributed by atoms with E-state index in [1.54, 1.807) is 0 Å². The van der Waals surface area contributed by atoms with E-state index < -0.39 is 27.7 Å². The van der Waals surface area contributed by atoms with E-state index in [0.29, 0.717) is 0 Å². The molecule has 6 nitrogen and oxygen atoms in total. The first-order valence-electron chi connectivity index (χ1n) is 4.41. The van der Waals surface area contributed by atoms with E-state index in [9.17, 15) is 24.4 Å². The van der Waals surface area contributed by atoms with Gasteiger partial charge < -0.3 is 10.1 Å². The molecule has 1 aromatic carbocycles. The molecule has 0 saturated heterocycles. The van der Waals surface area contributed by atoms with Crippen molar-refractivity contribution >= 4 is 44.1 Å². The lowest BCUT2D eigenvalue weighted by Gasteiger charge is -2.05. The molecule has 2 aromatic rings. The molecule has 0 fully saturated rings. The number of nitro groups is 1. The quantitative estimate of drug-likeness (QED) is 0.475. The number of aromatic nitrogens is 1. The molecule has 94 valence electrons. The summed E-state index contributed by atoms with van der Waals surface area (Å²) in [5.41, 5.74) is -2.61. The standard InChI is InChI=1S/C9H3BrClFN2O4/c10-4-3(11)1-2-6(5(4)12)13-9(16)7(8(2)15)14(17)18/h1H,(H2,13,15,16). The van der Waals surface area contributed by atoms with Crippen LogP contribution in [0.1, 0.15) is 0 Å². The van der Waals surface area contributed by atoms with Gasteiger partial charge in [-0.2, -0.15) is 0 Å². The number of fused-ring (bicyclic) bond motifs is 1. The Labute approximate surface area is 111 Å². The lowest BCUT2D eigenvalue weighted by molar-refractivity contribution is -0.387. The molecule has 2 N–H and O–H groups in total. The molecule has 18 heavy (non-hydrogen) atoms. The largest absolute Gasteiger partial charge is 0.501 e. The zero-order chi connectivity index (χ0) is 13.6. The lowest BCUT2D eigenvalue weighted by atomic mass is 10.2. The van der Waals surface area contributed by atoms with E-state index in [4.69, 9.17) is 11.6 Å². The summed E-state index contributed by atoms with van der Waals surface area (Å²) < 4.78 is 13.7. The summed E-state index contributed by atoms with van der Waals surface area (Å²) in [5.74, 6) is -1.84. The van der Waals surface area contributed by atoms with Gasteiger partial charge in [-0.05, 0) is 22.0 Å². The predicted octanol–water partition coefficient (Wildman–Crippen LogP) is 2.70. The highest BCUT2D eigenvalue weighted by Gasteiger charge is 2.25. The zero-order valence-electron chi connectivity index (χ0n) is 8.33. The topological polar surface area (TPSA) is 96.2 Å². The van der Waals surface area contributed by atoms with Gasteiger partial charge in [0, 0.05) is 0 Å². The van der Waals surface area contributed by atoms with Gasteiger partial charge in [0.1, 0.15) is 0 Å². The third kappa shape index (κ3) is 1.73. The Bertz CT molecular complexity index is 746. The number of hydrogen-bond donors (Lipinski definition) is 2. The van der Waals surface area contributed by atoms with E-state index >= 15 is 0 Å². The number of nitrogens with zero attached hydrogens (tertiary/aromatic N) is 1. The Hall–Kier alpha value is -1.67. The zero-order valence-corrected chi connectivity index (χ0v) is 10.7. The summed E-state index contributed by atoms with van der Waals surface area (Å²) >= 11 is 8.53. The molecule has 0 aliphatic heterocycles. The number of hydrogen-bond acceptors (Lipinski definition) is 4. The normalized spacial score (nSPS) is 10.8. The van der Waals surface area contributed by atoms with E-state index in [1.165, 1.54) is 0 Å². The van der Waals surface area contributed by atoms with Crippen LogP contribution < -0.4 is 5.56 Å². The SMILES string of the molecule is O=c1[nH]c2c(F)c(Br)c(Cl)cc2c(O)c1[N+](=O)[O-]. The Morgan fingerprint density at radius 2 is 2.17 bits per heavy atom. The van der Waals surface area contributed by atoms with Crippen LogP contribution in [0.5, 0.6) is 5.75 Å². The minimum Gasteiger partial charge on any atom is -0.501 e. The van der Waals surface area contributed by atoms with Crippen molar-refractivity contribution < 1.29 is 14.4 Å². The van der Waals surface area contributed by atoms with Gasteiger partial charge in [-0.3, -0.25) is 14.9 Å². The number of benzene rings is 1. The first-order chi connectivity index (χ1) is 8.34. The molecule has 0 aliphatic carbocycles. The van der Waals surface area contributed by atoms with Gasteiger partial charge in [0.05, 0.1) is 25.3 Å². The van der Waals surface area contributed by atoms with Crippen LogP contribution in [0.2, 0.25) is 5.02 Å². The summed E-state index contributed by atoms with van der Waals surface area (Å²) in [4.78, 5) is 22.9. The van der Waals surface area contributed by atoms with E-state index in [0.717, 1.165) is 6.07 Å². The first kappa shape index (κ1) is 12.8. The Balaban J connectivity index is 3.06. The molecule has 0 atom stereocenters. The fraction of sp³-hybridized carbons (Fsp3) is 0. The van der Waals surface area contributed by atoms with E-state index in [1.807, 2.05) is 4.98 Å². The summed E-state index contributed by atoms with van der Waals surface area (Å²) in [6.45, 7) is 0. The van der Waals surface area contributed by atoms with Crippen LogP contribution in [0.4, 0.5) is 10.1 Å². The van der Waals surface area contributed by atoms with Gasteiger partial charge in [0.25, 0.3) is 0 Å². The van der Waals surface area contributed by atoms with Gasteiger partial charge in [-0.25, -0.2) is 4.39 Å². The van der Waals surface area contributed by atoms with Crippen molar-refractivity contribution in [3.8, 4) is 5.75 Å². The second-order valence-electron chi connectivity index (χ2n) is 3.32. The highest BCUT2D eigenvalue weighted by Crippen LogP contribution is 2.37. The van der Waals surface area contributed by atoms with Crippen LogP contribution in [0.25, 0.3) is 10.9 Å². The summed E-state index contributed by atoms with van der Waals surface area (Å²) in [7, 11) is 0. The number of nitrogens with one attached hydrogen (secondary N) is 1. The van der Waals surface area contributed by atoms with Gasteiger partial charge in [0.15, 0.2) is 5.82 Å². The average Bonchev–Trinajstić information content (AvgIpc) is 2.28. The van der Waals surface area contributed by atoms with Crippen LogP contribution in [-0.4, -0.2) is 15.0 Å². The van der Waals surface area contributed by atoms with Crippen molar-refractivity contribution in [1.82, 2.24) is 4.98 Å². The number of rotatable bonds is 1. The second kappa shape index (κ2) is 4.21. The van der Waals surface area contributed by atoms with Crippen LogP contribution in [0.3, 0.4) is 0 Å². The molecule has 0 spiro atoms. The van der Waals surface area contributed by atoms with Crippen LogP contribution in [0, 0.1) is 15.9 Å². The number of aromatic hydroxyl groups is 1. The minimum absolute atomic E-state index is 0.0864. The third-order valence-corrected chi connectivity index (χ3v) is 3.58. The monoisotopic (exact) mass is 336 g/mol. The van der Waals surface area contributed by atoms with E-state index in [2.05, 4.69) is 15.9 Å². The molecule has 9 heteroatoms. The van der Waals surface area contributed by atoms with Crippen LogP contribution >= 0.6 is 27.5 Å². The Kier molecular flexibility index (Phi) is 2.99. The van der Waals surface area contributed by atoms with Crippen LogP contribution in [-0.2, 0) is 0 Å². The van der Waals surface area contributed by atoms with Crippen molar-refractivity contribution in [3.63, 3.8) is 0 Å². The fourth-order valence-corrected chi connectivity index (χ4v) is 1.99. The van der Waals surface area contributed by atoms with Gasteiger partial charge in [-0.15, -0.1) is 0 Å². The number of pyridine rings is 1. The maximum Gasteiger partial charge on any atom is 0.375 e. The first-order valence-corrected chi connectivity index (χ1v) is 5.58. The molecule has 0 amide bonds. The van der Waals surface area contributed by atoms with Crippen molar-refractivity contribution in [3.05, 3.63) is 41.8 Å². The third-order valence-electron chi connectivity index (χ3n) is 2.28. The maximum absolute atomic E-state index is 13.8. The Morgan fingerprint density at radius 3 is 2.72 bits per heavy atom. The van der Waals surface area contributed by atoms with Gasteiger partial charge >= 0.3 is 11.2 Å². The lowest BCUT2D eigenvalue weighted by Crippen LogP contribution is -2.12. The molecule has 1 aromatic heterocycles. The number of aromatic amines is 1. The van der Waals surface area contributed by atoms with Crippen molar-refractivity contribution in [2.24, 2.45) is 0 Å². The van der Waals surface area contributed by atoms with Crippen molar-refractivity contribution in [2.75, 3.05) is 0 Å². The predicted molar refractivity (Wildman–Crippen MR) is 65.6 cm³/mol. The molecule has 0 unspecified atom stereocenters. The number of H-pyrrole nitrogens is 1. The molecule has 0 saturated carbocycles. The van der Waals surface area contributed by atoms with Gasteiger partial charge in [0.2, 0.25) is 5.75 Å². The molecular weight excluding hydrogens is 334 g/mol. The highest BCUT2D eigenvalue weighted by atomic mass is 79.9. The molecule has 0 radical (unpaired) electrons. The smallest absolute Gasteiger partial charge is 0.375 e. The summed E-state index contributed by atoms with van der Waals surface area (Å²) in [6, 6.07) is 1.11. The van der Waals surface area contributed by atoms with E-state index in [-0.39, 0.29) is 20.4 Å². The summed E-state index contributed by atoms with van der Waals surface area (Å²) in [5, 5.41) is 19.9. The van der Waals surface area contributed by atoms with Crippen LogP contribution in [0.15, 0.2) is 15.3 Å². The Morgan fingerprint density at radius 1 is 1.56 bits per heavy atom. The van der Waals surface area contributed by atoms with Crippen molar-refractivity contribution in [2.45, 2.75) is 0 Å². The molecule has 0 bridgehead atoms. The average molecular weight is 337 g/mol. The molecular formula is C9H3BrClFN2O4. The molecule has 1 heterocycles. The fourth-order valence-electron chi connectivity index (χ4n) is 1.48. The molecule has 2 rings (SSSR count). The summed E-state index contributed by atoms with van der Waals surface area (Å²) in [6.07, 6.45) is 0. The van der Waals surface area contributed by atoms with Gasteiger partial charge in [-0.1, -0.05) is 11.6 Å². The molecule has 0 aliphatic rings. The highest BCUT2D eigenvalue weighted by molar-refractivity contribution is 9.10. The second-order valence-corrected chi connectivity index (χ2v) is 4.52. The number of halogens is 3. The minimum atomic E-state index is -1.20.